The van der Waals surface area contributed by atoms with Crippen LogP contribution in [0.25, 0.3) is 0 Å². The fraction of sp³-hybridized carbons (Fsp3) is 0.588. The number of benzene rings is 1. The molecule has 1 atom stereocenters. The van der Waals surface area contributed by atoms with Gasteiger partial charge in [0.1, 0.15) is 0 Å². The molecule has 1 aromatic carbocycles. The number of rotatable bonds is 6. The number of likely N-dealkylation sites (N-methyl/N-ethyl adjacent to an activating group) is 1. The standard InChI is InChI=1S/C17H28N4O2S.HI/c1-4-21-9-5-6-15(21)12-20-17(18)19-11-14-7-8-16(13(2)10-14)24(3,22)23;/h7-8,10,15H,4-6,9,11-12H2,1-3H3,(H3,18,19,20);1H. The maximum Gasteiger partial charge on any atom is 0.188 e. The molecule has 0 aliphatic carbocycles. The second-order valence-corrected chi connectivity index (χ2v) is 8.36. The summed E-state index contributed by atoms with van der Waals surface area (Å²) >= 11 is 0. The third-order valence-corrected chi connectivity index (χ3v) is 5.75. The molecule has 8 heteroatoms. The summed E-state index contributed by atoms with van der Waals surface area (Å²) in [5, 5.41) is 3.20. The maximum absolute atomic E-state index is 11.6. The number of likely N-dealkylation sites (tertiary alicyclic amines) is 1. The van der Waals surface area contributed by atoms with E-state index in [1.165, 1.54) is 19.1 Å². The van der Waals surface area contributed by atoms with Gasteiger partial charge in [0, 0.05) is 18.8 Å². The summed E-state index contributed by atoms with van der Waals surface area (Å²) in [4.78, 5) is 7.17. The third-order valence-electron chi connectivity index (χ3n) is 4.49. The molecule has 1 saturated heterocycles. The molecule has 0 radical (unpaired) electrons. The summed E-state index contributed by atoms with van der Waals surface area (Å²) < 4.78 is 23.3. The Hall–Kier alpha value is -0.870. The Morgan fingerprint density at radius 1 is 1.44 bits per heavy atom. The highest BCUT2D eigenvalue weighted by Crippen LogP contribution is 2.17. The minimum Gasteiger partial charge on any atom is -0.370 e. The number of nitrogens with one attached hydrogen (secondary N) is 1. The number of nitrogens with zero attached hydrogens (tertiary/aromatic N) is 2. The maximum atomic E-state index is 11.6. The Kier molecular flexibility index (Phi) is 8.62. The van der Waals surface area contributed by atoms with Crippen LogP contribution in [0.2, 0.25) is 0 Å². The molecule has 0 saturated carbocycles. The Bertz CT molecular complexity index is 707. The van der Waals surface area contributed by atoms with Crippen molar-refractivity contribution in [1.29, 1.82) is 0 Å². The Labute approximate surface area is 168 Å². The second kappa shape index (κ2) is 9.72. The summed E-state index contributed by atoms with van der Waals surface area (Å²) in [6, 6.07) is 5.80. The van der Waals surface area contributed by atoms with Crippen molar-refractivity contribution in [3.05, 3.63) is 29.3 Å². The molecule has 1 fully saturated rings. The highest BCUT2D eigenvalue weighted by molar-refractivity contribution is 14.0. The zero-order valence-corrected chi connectivity index (χ0v) is 18.3. The highest BCUT2D eigenvalue weighted by Gasteiger charge is 2.22. The minimum atomic E-state index is -3.18. The van der Waals surface area contributed by atoms with E-state index in [1.807, 2.05) is 6.07 Å². The number of halogens is 1. The van der Waals surface area contributed by atoms with Gasteiger partial charge in [0.25, 0.3) is 0 Å². The molecule has 0 amide bonds. The van der Waals surface area contributed by atoms with Crippen molar-refractivity contribution < 1.29 is 8.42 Å². The molecule has 1 heterocycles. The molecule has 3 N–H and O–H groups in total. The van der Waals surface area contributed by atoms with E-state index in [2.05, 4.69) is 22.1 Å². The van der Waals surface area contributed by atoms with Crippen LogP contribution >= 0.6 is 24.0 Å². The number of nitrogens with two attached hydrogens (primary N) is 1. The molecular formula is C17H29IN4O2S. The van der Waals surface area contributed by atoms with E-state index in [0.29, 0.717) is 23.4 Å². The van der Waals surface area contributed by atoms with Gasteiger partial charge in [-0.3, -0.25) is 4.90 Å². The summed E-state index contributed by atoms with van der Waals surface area (Å²) in [5.41, 5.74) is 7.63. The van der Waals surface area contributed by atoms with Gasteiger partial charge in [-0.1, -0.05) is 19.1 Å². The lowest BCUT2D eigenvalue weighted by Crippen LogP contribution is -2.42. The number of sulfone groups is 1. The van der Waals surface area contributed by atoms with Gasteiger partial charge < -0.3 is 11.1 Å². The lowest BCUT2D eigenvalue weighted by Gasteiger charge is -2.23. The molecule has 0 bridgehead atoms. The van der Waals surface area contributed by atoms with Crippen molar-refractivity contribution in [3.8, 4) is 0 Å². The zero-order chi connectivity index (χ0) is 17.7. The smallest absolute Gasteiger partial charge is 0.188 e. The average Bonchev–Trinajstić information content (AvgIpc) is 2.97. The fourth-order valence-corrected chi connectivity index (χ4v) is 4.18. The monoisotopic (exact) mass is 480 g/mol. The van der Waals surface area contributed by atoms with Gasteiger partial charge in [0.2, 0.25) is 0 Å². The SMILES string of the molecule is CCN1CCCC1CNC(N)=NCc1ccc(S(C)(=O)=O)c(C)c1.I. The average molecular weight is 480 g/mol. The van der Waals surface area contributed by atoms with Crippen LogP contribution < -0.4 is 11.1 Å². The van der Waals surface area contributed by atoms with Crippen LogP contribution in [0.3, 0.4) is 0 Å². The molecule has 1 unspecified atom stereocenters. The summed E-state index contributed by atoms with van der Waals surface area (Å²) in [7, 11) is -3.18. The number of hydrogen-bond acceptors (Lipinski definition) is 4. The molecule has 2 rings (SSSR count). The summed E-state index contributed by atoms with van der Waals surface area (Å²) in [5.74, 6) is 0.433. The first kappa shape index (κ1) is 22.2. The number of guanidine groups is 1. The van der Waals surface area contributed by atoms with Gasteiger partial charge in [-0.05, 0) is 50.0 Å². The van der Waals surface area contributed by atoms with Crippen molar-refractivity contribution in [2.75, 3.05) is 25.9 Å². The minimum absolute atomic E-state index is 0. The lowest BCUT2D eigenvalue weighted by atomic mass is 10.1. The Morgan fingerprint density at radius 2 is 2.16 bits per heavy atom. The van der Waals surface area contributed by atoms with E-state index in [1.54, 1.807) is 19.1 Å². The largest absolute Gasteiger partial charge is 0.370 e. The quantitative estimate of drug-likeness (QED) is 0.369. The van der Waals surface area contributed by atoms with Gasteiger partial charge in [-0.15, -0.1) is 24.0 Å². The van der Waals surface area contributed by atoms with Gasteiger partial charge >= 0.3 is 0 Å². The van der Waals surface area contributed by atoms with Crippen molar-refractivity contribution >= 4 is 39.8 Å². The van der Waals surface area contributed by atoms with Crippen molar-refractivity contribution in [1.82, 2.24) is 10.2 Å². The van der Waals surface area contributed by atoms with Gasteiger partial charge in [0.15, 0.2) is 15.8 Å². The third kappa shape index (κ3) is 6.41. The lowest BCUT2D eigenvalue weighted by molar-refractivity contribution is 0.267. The van der Waals surface area contributed by atoms with Crippen LogP contribution in [0, 0.1) is 6.92 Å². The van der Waals surface area contributed by atoms with Crippen LogP contribution in [-0.4, -0.2) is 51.2 Å². The number of aliphatic imine (C=N–C) groups is 1. The first-order valence-corrected chi connectivity index (χ1v) is 10.3. The molecular weight excluding hydrogens is 451 g/mol. The van der Waals surface area contributed by atoms with Crippen LogP contribution in [0.15, 0.2) is 28.1 Å². The predicted octanol–water partition coefficient (Wildman–Crippen LogP) is 1.91. The molecule has 25 heavy (non-hydrogen) atoms. The van der Waals surface area contributed by atoms with E-state index in [0.717, 1.165) is 30.8 Å². The molecule has 1 aliphatic rings. The van der Waals surface area contributed by atoms with Crippen molar-refractivity contribution in [2.45, 2.75) is 44.2 Å². The van der Waals surface area contributed by atoms with E-state index in [-0.39, 0.29) is 24.0 Å². The molecule has 1 aromatic rings. The van der Waals surface area contributed by atoms with Gasteiger partial charge in [0.05, 0.1) is 11.4 Å². The Balaban J connectivity index is 0.00000312. The van der Waals surface area contributed by atoms with E-state index >= 15 is 0 Å². The van der Waals surface area contributed by atoms with Crippen LogP contribution in [0.1, 0.15) is 30.9 Å². The topological polar surface area (TPSA) is 87.8 Å². The van der Waals surface area contributed by atoms with Crippen molar-refractivity contribution in [3.63, 3.8) is 0 Å². The molecule has 0 spiro atoms. The highest BCUT2D eigenvalue weighted by atomic mass is 127. The van der Waals surface area contributed by atoms with E-state index in [9.17, 15) is 8.42 Å². The molecule has 142 valence electrons. The zero-order valence-electron chi connectivity index (χ0n) is 15.2. The first-order chi connectivity index (χ1) is 11.3. The normalized spacial score (nSPS) is 18.8. The molecule has 0 aromatic heterocycles. The fourth-order valence-electron chi connectivity index (χ4n) is 3.22. The van der Waals surface area contributed by atoms with E-state index in [4.69, 9.17) is 5.73 Å². The Morgan fingerprint density at radius 3 is 2.76 bits per heavy atom. The summed E-state index contributed by atoms with van der Waals surface area (Å²) in [6.07, 6.45) is 3.65. The number of hydrogen-bond donors (Lipinski definition) is 2. The van der Waals surface area contributed by atoms with Gasteiger partial charge in [-0.2, -0.15) is 0 Å². The molecule has 1 aliphatic heterocycles. The van der Waals surface area contributed by atoms with Crippen molar-refractivity contribution in [2.24, 2.45) is 10.7 Å². The molecule has 6 nitrogen and oxygen atoms in total. The predicted molar refractivity (Wildman–Crippen MR) is 113 cm³/mol. The number of aryl methyl sites for hydroxylation is 1. The first-order valence-electron chi connectivity index (χ1n) is 8.38. The van der Waals surface area contributed by atoms with Crippen LogP contribution in [0.4, 0.5) is 0 Å². The van der Waals surface area contributed by atoms with E-state index < -0.39 is 9.84 Å². The van der Waals surface area contributed by atoms with Gasteiger partial charge in [-0.25, -0.2) is 13.4 Å². The summed E-state index contributed by atoms with van der Waals surface area (Å²) in [6.45, 7) is 7.45. The van der Waals surface area contributed by atoms with Crippen LogP contribution in [0.5, 0.6) is 0 Å². The second-order valence-electron chi connectivity index (χ2n) is 6.38. The van der Waals surface area contributed by atoms with Crippen LogP contribution in [-0.2, 0) is 16.4 Å².